The van der Waals surface area contributed by atoms with Gasteiger partial charge in [0.25, 0.3) is 5.92 Å². The summed E-state index contributed by atoms with van der Waals surface area (Å²) in [6.07, 6.45) is -0.368. The minimum absolute atomic E-state index is 0.0163. The summed E-state index contributed by atoms with van der Waals surface area (Å²) in [6.45, 7) is 1.40. The van der Waals surface area contributed by atoms with E-state index in [1.54, 1.807) is 0 Å². The molecule has 5 heteroatoms. The average molecular weight is 201 g/mol. The number of carboxylic acid groups (broad SMARTS) is 1. The largest absolute Gasteiger partial charge is 0.477 e. The molecule has 1 unspecified atom stereocenters. The summed E-state index contributed by atoms with van der Waals surface area (Å²) in [6, 6.07) is 1.29. The quantitative estimate of drug-likeness (QED) is 0.730. The van der Waals surface area contributed by atoms with E-state index < -0.39 is 17.8 Å². The predicted octanol–water partition coefficient (Wildman–Crippen LogP) is 2.01. The van der Waals surface area contributed by atoms with E-state index in [0.717, 1.165) is 0 Å². The van der Waals surface area contributed by atoms with Crippen LogP contribution in [0.2, 0.25) is 0 Å². The molecule has 14 heavy (non-hydrogen) atoms. The van der Waals surface area contributed by atoms with Crippen molar-refractivity contribution in [2.75, 3.05) is 0 Å². The zero-order valence-electron chi connectivity index (χ0n) is 7.47. The van der Waals surface area contributed by atoms with Crippen LogP contribution >= 0.6 is 0 Å². The first-order valence-corrected chi connectivity index (χ1v) is 4.24. The number of nitrogens with one attached hydrogen (secondary N) is 1. The molecule has 0 fully saturated rings. The van der Waals surface area contributed by atoms with Gasteiger partial charge in [0.05, 0.1) is 5.92 Å². The second kappa shape index (κ2) is 2.56. The van der Waals surface area contributed by atoms with Gasteiger partial charge in [-0.1, -0.05) is 6.92 Å². The highest BCUT2D eigenvalue weighted by Gasteiger charge is 2.46. The lowest BCUT2D eigenvalue weighted by molar-refractivity contribution is -0.0108. The molecule has 0 aromatic carbocycles. The van der Waals surface area contributed by atoms with Crippen LogP contribution in [0.25, 0.3) is 0 Å². The van der Waals surface area contributed by atoms with E-state index in [2.05, 4.69) is 4.98 Å². The van der Waals surface area contributed by atoms with Crippen molar-refractivity contribution in [3.05, 3.63) is 23.0 Å². The minimum Gasteiger partial charge on any atom is -0.477 e. The van der Waals surface area contributed by atoms with E-state index in [1.807, 2.05) is 0 Å². The standard InChI is InChI=1S/C9H9F2NO2/c1-4-7-5(3-9(4,10)11)2-6(12-7)8(13)14/h2,4,12H,3H2,1H3,(H,13,14). The van der Waals surface area contributed by atoms with E-state index in [0.29, 0.717) is 11.3 Å². The summed E-state index contributed by atoms with van der Waals surface area (Å²) < 4.78 is 26.3. The first-order chi connectivity index (χ1) is 6.42. The van der Waals surface area contributed by atoms with Crippen LogP contribution in [0, 0.1) is 0 Å². The Morgan fingerprint density at radius 1 is 1.71 bits per heavy atom. The molecule has 1 heterocycles. The number of H-pyrrole nitrogens is 1. The molecule has 0 saturated carbocycles. The molecule has 1 aliphatic rings. The number of halogens is 2. The highest BCUT2D eigenvalue weighted by molar-refractivity contribution is 5.86. The van der Waals surface area contributed by atoms with Crippen LogP contribution in [0.3, 0.4) is 0 Å². The van der Waals surface area contributed by atoms with Crippen LogP contribution in [0.5, 0.6) is 0 Å². The maximum absolute atomic E-state index is 13.1. The molecule has 0 radical (unpaired) electrons. The molecule has 0 bridgehead atoms. The fraction of sp³-hybridized carbons (Fsp3) is 0.444. The van der Waals surface area contributed by atoms with Gasteiger partial charge in [0.15, 0.2) is 0 Å². The number of aromatic amines is 1. The monoisotopic (exact) mass is 201 g/mol. The van der Waals surface area contributed by atoms with Crippen molar-refractivity contribution >= 4 is 5.97 Å². The van der Waals surface area contributed by atoms with Gasteiger partial charge < -0.3 is 10.1 Å². The second-order valence-electron chi connectivity index (χ2n) is 3.59. The third kappa shape index (κ3) is 1.12. The van der Waals surface area contributed by atoms with Gasteiger partial charge in [-0.3, -0.25) is 0 Å². The number of hydrogen-bond donors (Lipinski definition) is 2. The molecule has 0 aliphatic heterocycles. The van der Waals surface area contributed by atoms with Crippen LogP contribution in [-0.4, -0.2) is 22.0 Å². The molecule has 1 aromatic rings. The third-order valence-corrected chi connectivity index (χ3v) is 2.66. The maximum Gasteiger partial charge on any atom is 0.352 e. The maximum atomic E-state index is 13.1. The molecule has 76 valence electrons. The van der Waals surface area contributed by atoms with Crippen molar-refractivity contribution in [2.45, 2.75) is 25.2 Å². The van der Waals surface area contributed by atoms with Crippen molar-refractivity contribution in [2.24, 2.45) is 0 Å². The SMILES string of the molecule is CC1c2[nH]c(C(=O)O)cc2CC1(F)F. The first-order valence-electron chi connectivity index (χ1n) is 4.24. The van der Waals surface area contributed by atoms with Crippen LogP contribution in [0.4, 0.5) is 8.78 Å². The smallest absolute Gasteiger partial charge is 0.352 e. The lowest BCUT2D eigenvalue weighted by Gasteiger charge is -2.14. The Labute approximate surface area is 78.7 Å². The number of aromatic carboxylic acids is 1. The number of carboxylic acids is 1. The first kappa shape index (κ1) is 9.18. The van der Waals surface area contributed by atoms with Crippen LogP contribution in [0.1, 0.15) is 34.6 Å². The second-order valence-corrected chi connectivity index (χ2v) is 3.59. The van der Waals surface area contributed by atoms with Gasteiger partial charge in [-0.15, -0.1) is 0 Å². The van der Waals surface area contributed by atoms with Crippen molar-refractivity contribution in [3.63, 3.8) is 0 Å². The summed E-state index contributed by atoms with van der Waals surface area (Å²) in [4.78, 5) is 13.1. The van der Waals surface area contributed by atoms with Crippen molar-refractivity contribution in [1.82, 2.24) is 4.98 Å². The van der Waals surface area contributed by atoms with Gasteiger partial charge in [0, 0.05) is 12.1 Å². The topological polar surface area (TPSA) is 53.1 Å². The highest BCUT2D eigenvalue weighted by Crippen LogP contribution is 2.44. The fourth-order valence-corrected chi connectivity index (χ4v) is 1.78. The van der Waals surface area contributed by atoms with Crippen LogP contribution < -0.4 is 0 Å². The van der Waals surface area contributed by atoms with E-state index in [1.165, 1.54) is 13.0 Å². The number of carbonyl (C=O) groups is 1. The molecule has 1 atom stereocenters. The molecule has 2 N–H and O–H groups in total. The zero-order chi connectivity index (χ0) is 10.5. The summed E-state index contributed by atoms with van der Waals surface area (Å²) in [7, 11) is 0. The molecule has 1 aliphatic carbocycles. The lowest BCUT2D eigenvalue weighted by Crippen LogP contribution is -2.20. The molecule has 2 rings (SSSR count). The third-order valence-electron chi connectivity index (χ3n) is 2.66. The van der Waals surface area contributed by atoms with E-state index in [9.17, 15) is 13.6 Å². The Kier molecular flexibility index (Phi) is 1.68. The molecule has 0 saturated heterocycles. The van der Waals surface area contributed by atoms with Crippen molar-refractivity contribution in [1.29, 1.82) is 0 Å². The normalized spacial score (nSPS) is 23.5. The zero-order valence-corrected chi connectivity index (χ0v) is 7.47. The Morgan fingerprint density at radius 2 is 2.36 bits per heavy atom. The van der Waals surface area contributed by atoms with Crippen LogP contribution in [-0.2, 0) is 6.42 Å². The molecular formula is C9H9F2NO2. The van der Waals surface area contributed by atoms with E-state index in [-0.39, 0.29) is 12.1 Å². The summed E-state index contributed by atoms with van der Waals surface area (Å²) >= 11 is 0. The average Bonchev–Trinajstić information content (AvgIpc) is 2.53. The van der Waals surface area contributed by atoms with E-state index >= 15 is 0 Å². The van der Waals surface area contributed by atoms with Crippen LogP contribution in [0.15, 0.2) is 6.07 Å². The Balaban J connectivity index is 2.42. The van der Waals surface area contributed by atoms with Gasteiger partial charge in [-0.2, -0.15) is 0 Å². The predicted molar refractivity (Wildman–Crippen MR) is 44.8 cm³/mol. The Morgan fingerprint density at radius 3 is 2.86 bits per heavy atom. The van der Waals surface area contributed by atoms with Crippen molar-refractivity contribution in [3.8, 4) is 0 Å². The molecular weight excluding hydrogens is 192 g/mol. The van der Waals surface area contributed by atoms with Crippen molar-refractivity contribution < 1.29 is 18.7 Å². The Bertz CT molecular complexity index is 398. The van der Waals surface area contributed by atoms with Gasteiger partial charge in [-0.25, -0.2) is 13.6 Å². The van der Waals surface area contributed by atoms with E-state index in [4.69, 9.17) is 5.11 Å². The minimum atomic E-state index is -2.75. The highest BCUT2D eigenvalue weighted by atomic mass is 19.3. The molecule has 3 nitrogen and oxygen atoms in total. The van der Waals surface area contributed by atoms with Gasteiger partial charge in [0.1, 0.15) is 5.69 Å². The number of alkyl halides is 2. The van der Waals surface area contributed by atoms with Gasteiger partial charge in [-0.05, 0) is 11.6 Å². The number of hydrogen-bond acceptors (Lipinski definition) is 1. The molecule has 0 spiro atoms. The van der Waals surface area contributed by atoms with Gasteiger partial charge >= 0.3 is 5.97 Å². The van der Waals surface area contributed by atoms with Gasteiger partial charge in [0.2, 0.25) is 0 Å². The lowest BCUT2D eigenvalue weighted by atomic mass is 10.1. The number of rotatable bonds is 1. The summed E-state index contributed by atoms with van der Waals surface area (Å²) in [5.74, 6) is -4.79. The number of fused-ring (bicyclic) bond motifs is 1. The summed E-state index contributed by atoms with van der Waals surface area (Å²) in [5, 5.41) is 8.64. The molecule has 1 aromatic heterocycles. The molecule has 0 amide bonds. The number of aromatic nitrogens is 1. The fourth-order valence-electron chi connectivity index (χ4n) is 1.78. The summed E-state index contributed by atoms with van der Waals surface area (Å²) in [5.41, 5.74) is 0.754. The Hall–Kier alpha value is -1.39.